The minimum atomic E-state index is -1.13. The summed E-state index contributed by atoms with van der Waals surface area (Å²) >= 11 is 0. The molecule has 292 valence electrons. The summed E-state index contributed by atoms with van der Waals surface area (Å²) in [6.07, 6.45) is 4.74. The third kappa shape index (κ3) is 8.21. The highest BCUT2D eigenvalue weighted by molar-refractivity contribution is 5.87. The van der Waals surface area contributed by atoms with E-state index in [9.17, 15) is 29.4 Å². The van der Waals surface area contributed by atoms with E-state index in [-0.39, 0.29) is 36.4 Å². The number of alkyl carbamates (subject to hydrolysis) is 1. The first-order valence-electron chi connectivity index (χ1n) is 18.7. The molecule has 2 aromatic carbocycles. The van der Waals surface area contributed by atoms with Gasteiger partial charge in [-0.3, -0.25) is 14.5 Å². The fourth-order valence-corrected chi connectivity index (χ4v) is 7.72. The average molecular weight is 755 g/mol. The van der Waals surface area contributed by atoms with E-state index in [1.54, 1.807) is 29.1 Å². The van der Waals surface area contributed by atoms with Crippen molar-refractivity contribution in [2.24, 2.45) is 11.8 Å². The Bertz CT molecular complexity index is 1970. The number of nitrogens with zero attached hydrogens (tertiary/aromatic N) is 5. The van der Waals surface area contributed by atoms with Gasteiger partial charge in [0.15, 0.2) is 0 Å². The van der Waals surface area contributed by atoms with E-state index in [4.69, 9.17) is 4.74 Å². The van der Waals surface area contributed by atoms with Crippen molar-refractivity contribution in [2.45, 2.75) is 70.6 Å². The maximum absolute atomic E-state index is 13.6. The van der Waals surface area contributed by atoms with Gasteiger partial charge in [-0.25, -0.2) is 19.6 Å². The van der Waals surface area contributed by atoms with Crippen molar-refractivity contribution in [1.82, 2.24) is 40.0 Å². The monoisotopic (exact) mass is 754 g/mol. The molecule has 2 saturated heterocycles. The van der Waals surface area contributed by atoms with Crippen LogP contribution in [-0.2, 0) is 14.3 Å². The van der Waals surface area contributed by atoms with Crippen LogP contribution in [-0.4, -0.2) is 115 Å². The number of nitrogens with one attached hydrogen (secondary N) is 3. The molecule has 6 rings (SSSR count). The maximum Gasteiger partial charge on any atom is 0.407 e. The first kappa shape index (κ1) is 39.0. The third-order valence-corrected chi connectivity index (χ3v) is 10.8. The molecule has 2 fully saturated rings. The Morgan fingerprint density at radius 1 is 0.818 bits per heavy atom. The lowest BCUT2D eigenvalue weighted by molar-refractivity contribution is -0.138. The Morgan fingerprint density at radius 3 is 1.69 bits per heavy atom. The van der Waals surface area contributed by atoms with Crippen molar-refractivity contribution in [3.63, 3.8) is 0 Å². The van der Waals surface area contributed by atoms with E-state index in [0.29, 0.717) is 24.7 Å². The molecular formula is C40H50N8O7. The van der Waals surface area contributed by atoms with Crippen LogP contribution in [0, 0.1) is 11.8 Å². The lowest BCUT2D eigenvalue weighted by Gasteiger charge is -2.33. The van der Waals surface area contributed by atoms with Crippen molar-refractivity contribution in [3.05, 3.63) is 72.6 Å². The van der Waals surface area contributed by atoms with Gasteiger partial charge >= 0.3 is 12.2 Å². The summed E-state index contributed by atoms with van der Waals surface area (Å²) in [7, 11) is 2.68. The normalized spacial score (nSPS) is 18.6. The number of benzene rings is 2. The van der Waals surface area contributed by atoms with E-state index < -0.39 is 30.2 Å². The van der Waals surface area contributed by atoms with Gasteiger partial charge in [-0.2, -0.15) is 0 Å². The number of methoxy groups -OCH3 is 1. The summed E-state index contributed by atoms with van der Waals surface area (Å²) in [6.45, 7) is 6.21. The Labute approximate surface area is 320 Å². The van der Waals surface area contributed by atoms with Crippen molar-refractivity contribution in [1.29, 1.82) is 0 Å². The van der Waals surface area contributed by atoms with Gasteiger partial charge in [-0.05, 0) is 53.9 Å². The van der Waals surface area contributed by atoms with Crippen LogP contribution in [0.5, 0.6) is 0 Å². The van der Waals surface area contributed by atoms with Crippen LogP contribution in [0.2, 0.25) is 0 Å². The van der Waals surface area contributed by atoms with Gasteiger partial charge in [-0.15, -0.1) is 0 Å². The number of aromatic nitrogens is 4. The quantitative estimate of drug-likeness (QED) is 0.125. The lowest BCUT2D eigenvalue weighted by atomic mass is 10.0. The lowest BCUT2D eigenvalue weighted by Crippen LogP contribution is -2.52. The van der Waals surface area contributed by atoms with Crippen LogP contribution in [0.1, 0.15) is 70.2 Å². The molecule has 0 bridgehead atoms. The van der Waals surface area contributed by atoms with E-state index in [1.807, 2.05) is 62.4 Å². The van der Waals surface area contributed by atoms with E-state index >= 15 is 0 Å². The van der Waals surface area contributed by atoms with Crippen molar-refractivity contribution < 1.29 is 34.1 Å². The van der Waals surface area contributed by atoms with Crippen LogP contribution < -0.4 is 5.32 Å². The topological polar surface area (TPSA) is 197 Å². The van der Waals surface area contributed by atoms with E-state index in [2.05, 4.69) is 25.3 Å². The number of likely N-dealkylation sites (tertiary alicyclic amines) is 2. The van der Waals surface area contributed by atoms with Gasteiger partial charge < -0.3 is 40.0 Å². The zero-order valence-electron chi connectivity index (χ0n) is 31.9. The molecule has 5 atom stereocenters. The van der Waals surface area contributed by atoms with E-state index in [1.165, 1.54) is 14.2 Å². The summed E-state index contributed by atoms with van der Waals surface area (Å²) in [6, 6.07) is 14.0. The largest absolute Gasteiger partial charge is 0.465 e. The highest BCUT2D eigenvalue weighted by atomic mass is 16.5. The third-order valence-electron chi connectivity index (χ3n) is 10.8. The molecule has 15 nitrogen and oxygen atoms in total. The number of aliphatic hydroxyl groups is 1. The van der Waals surface area contributed by atoms with Crippen molar-refractivity contribution >= 4 is 24.0 Å². The summed E-state index contributed by atoms with van der Waals surface area (Å²) in [5.41, 5.74) is 5.59. The first-order chi connectivity index (χ1) is 26.4. The number of imidazole rings is 2. The minimum Gasteiger partial charge on any atom is -0.465 e. The number of H-pyrrole nitrogens is 2. The number of hydrogen-bond acceptors (Lipinski definition) is 8. The van der Waals surface area contributed by atoms with Gasteiger partial charge in [0.2, 0.25) is 11.8 Å². The number of hydrogen-bond donors (Lipinski definition) is 5. The molecule has 55 heavy (non-hydrogen) atoms. The molecule has 4 amide bonds. The van der Waals surface area contributed by atoms with Gasteiger partial charge in [0.25, 0.3) is 0 Å². The number of aliphatic hydroxyl groups excluding tert-OH is 1. The molecule has 0 aliphatic carbocycles. The number of carbonyl (C=O) groups is 4. The number of likely N-dealkylation sites (N-methyl/N-ethyl adjacent to an activating group) is 1. The second-order valence-corrected chi connectivity index (χ2v) is 14.8. The van der Waals surface area contributed by atoms with Crippen LogP contribution >= 0.6 is 0 Å². The van der Waals surface area contributed by atoms with Crippen LogP contribution in [0.4, 0.5) is 9.59 Å². The van der Waals surface area contributed by atoms with Gasteiger partial charge in [0, 0.05) is 32.7 Å². The molecular weight excluding hydrogens is 704 g/mol. The zero-order chi connectivity index (χ0) is 39.4. The van der Waals surface area contributed by atoms with Crippen LogP contribution in [0.3, 0.4) is 0 Å². The molecule has 2 aromatic heterocycles. The Hall–Kier alpha value is -5.70. The Balaban J connectivity index is 1.11. The van der Waals surface area contributed by atoms with Crippen LogP contribution in [0.25, 0.3) is 33.6 Å². The number of aromatic amines is 2. The summed E-state index contributed by atoms with van der Waals surface area (Å²) < 4.78 is 4.71. The number of ether oxygens (including phenoxy) is 1. The standard InChI is InChI=1S/C40H50N8O7/c1-23(2)34(46(4)40(53)54)38(51)48-19-7-9-32(48)36-42-21-30(44-36)28-16-12-26(13-17-28)25-10-14-27(15-11-25)29-20-41-35(43-29)31-8-6-18-47(31)37(50)33(24(3)22-49)45-39(52)55-5/h10-17,20-21,23-24,31-34,49H,6-9,18-19,22H2,1-5H3,(H,41,43)(H,42,44)(H,45,52)(H,53,54)/t24-,31+,32+,33+,34+/m1/s1. The number of rotatable bonds is 12. The molecule has 0 radical (unpaired) electrons. The van der Waals surface area contributed by atoms with E-state index in [0.717, 1.165) is 64.2 Å². The Kier molecular flexibility index (Phi) is 11.9. The molecule has 0 spiro atoms. The fourth-order valence-electron chi connectivity index (χ4n) is 7.72. The molecule has 0 saturated carbocycles. The molecule has 2 aliphatic rings. The average Bonchev–Trinajstić information content (AvgIpc) is 4.03. The molecule has 5 N–H and O–H groups in total. The highest BCUT2D eigenvalue weighted by Gasteiger charge is 2.40. The zero-order valence-corrected chi connectivity index (χ0v) is 31.9. The second kappa shape index (κ2) is 16.8. The minimum absolute atomic E-state index is 0.178. The summed E-state index contributed by atoms with van der Waals surface area (Å²) in [5, 5.41) is 21.9. The molecule has 4 aromatic rings. The highest BCUT2D eigenvalue weighted by Crippen LogP contribution is 2.35. The maximum atomic E-state index is 13.6. The summed E-state index contributed by atoms with van der Waals surface area (Å²) in [4.78, 5) is 71.5. The Morgan fingerprint density at radius 2 is 1.27 bits per heavy atom. The number of carboxylic acid groups (broad SMARTS) is 1. The van der Waals surface area contributed by atoms with Crippen LogP contribution in [0.15, 0.2) is 60.9 Å². The second-order valence-electron chi connectivity index (χ2n) is 14.8. The molecule has 15 heteroatoms. The molecule has 4 heterocycles. The van der Waals surface area contributed by atoms with Gasteiger partial charge in [-0.1, -0.05) is 69.3 Å². The molecule has 0 unspecified atom stereocenters. The van der Waals surface area contributed by atoms with Crippen molar-refractivity contribution in [3.8, 4) is 33.6 Å². The fraction of sp³-hybridized carbons (Fsp3) is 0.450. The summed E-state index contributed by atoms with van der Waals surface area (Å²) in [5.74, 6) is 0.179. The van der Waals surface area contributed by atoms with Crippen molar-refractivity contribution in [2.75, 3.05) is 33.9 Å². The number of carbonyl (C=O) groups excluding carboxylic acids is 3. The predicted octanol–water partition coefficient (Wildman–Crippen LogP) is 5.45. The SMILES string of the molecule is COC(=O)N[C@H](C(=O)N1CCC[C@H]1c1ncc(-c2ccc(-c3ccc(-c4cnc([C@@H]5CCCN5C(=O)[C@H](C(C)C)N(C)C(=O)O)[nH]4)cc3)cc2)[nH]1)[C@H](C)CO. The first-order valence-corrected chi connectivity index (χ1v) is 18.7. The predicted molar refractivity (Wildman–Crippen MR) is 204 cm³/mol. The number of amides is 4. The van der Waals surface area contributed by atoms with Gasteiger partial charge in [0.1, 0.15) is 23.7 Å². The van der Waals surface area contributed by atoms with Gasteiger partial charge in [0.05, 0.1) is 43.0 Å². The molecule has 2 aliphatic heterocycles. The smallest absolute Gasteiger partial charge is 0.407 e.